The van der Waals surface area contributed by atoms with Gasteiger partial charge in [-0.05, 0) is 51.2 Å². The molecule has 37 heavy (non-hydrogen) atoms. The summed E-state index contributed by atoms with van der Waals surface area (Å²) in [7, 11) is 0. The molecule has 3 heterocycles. The fraction of sp³-hybridized carbons (Fsp3) is 0.552. The first kappa shape index (κ1) is 27.1. The van der Waals surface area contributed by atoms with Crippen LogP contribution in [-0.4, -0.2) is 70.8 Å². The molecular weight excluding hydrogens is 472 g/mol. The zero-order valence-electron chi connectivity index (χ0n) is 22.2. The molecule has 2 unspecified atom stereocenters. The topological polar surface area (TPSA) is 96.4 Å². The highest BCUT2D eigenvalue weighted by atomic mass is 16.6. The first-order valence-corrected chi connectivity index (χ1v) is 13.0. The SMILES string of the molecule is C=CCOC(=O)[C@@H]1[C@H]2C(=O)N([C@H](C)CO)C(C(=O)N(CC=C)c3c(C)cccc3C)C23CC[C@@]1(CC)O3. The molecule has 0 saturated carbocycles. The highest BCUT2D eigenvalue weighted by molar-refractivity contribution is 6.05. The lowest BCUT2D eigenvalue weighted by Gasteiger charge is -2.39. The Hall–Kier alpha value is -2.97. The first-order valence-electron chi connectivity index (χ1n) is 13.0. The van der Waals surface area contributed by atoms with Crippen molar-refractivity contribution in [3.8, 4) is 0 Å². The van der Waals surface area contributed by atoms with Gasteiger partial charge in [0.1, 0.15) is 24.2 Å². The number of carbonyl (C=O) groups is 3. The minimum atomic E-state index is -1.19. The van der Waals surface area contributed by atoms with E-state index in [1.54, 1.807) is 17.9 Å². The van der Waals surface area contributed by atoms with Gasteiger partial charge in [0.2, 0.25) is 5.91 Å². The van der Waals surface area contributed by atoms with Gasteiger partial charge in [-0.25, -0.2) is 0 Å². The number of nitrogens with zero attached hydrogens (tertiary/aromatic N) is 2. The molecule has 8 heteroatoms. The fourth-order valence-electron chi connectivity index (χ4n) is 6.89. The molecule has 1 spiro atoms. The van der Waals surface area contributed by atoms with Gasteiger partial charge in [0, 0.05) is 12.2 Å². The number of ether oxygens (including phenoxy) is 2. The molecule has 4 rings (SSSR count). The molecule has 3 aliphatic heterocycles. The van der Waals surface area contributed by atoms with E-state index in [1.807, 2.05) is 39.0 Å². The van der Waals surface area contributed by atoms with Crippen LogP contribution in [0.1, 0.15) is 44.2 Å². The van der Waals surface area contributed by atoms with Crippen molar-refractivity contribution in [2.45, 2.75) is 70.2 Å². The lowest BCUT2D eigenvalue weighted by Crippen LogP contribution is -2.58. The lowest BCUT2D eigenvalue weighted by atomic mass is 9.65. The summed E-state index contributed by atoms with van der Waals surface area (Å²) in [5, 5.41) is 10.1. The van der Waals surface area contributed by atoms with Crippen LogP contribution in [0.3, 0.4) is 0 Å². The van der Waals surface area contributed by atoms with Crippen molar-refractivity contribution >= 4 is 23.5 Å². The molecule has 1 aromatic carbocycles. The summed E-state index contributed by atoms with van der Waals surface area (Å²) < 4.78 is 12.2. The third kappa shape index (κ3) is 3.92. The molecule has 2 amide bonds. The fourth-order valence-corrected chi connectivity index (χ4v) is 6.89. The van der Waals surface area contributed by atoms with E-state index in [4.69, 9.17) is 9.47 Å². The van der Waals surface area contributed by atoms with Crippen molar-refractivity contribution in [2.75, 3.05) is 24.7 Å². The Morgan fingerprint density at radius 2 is 1.95 bits per heavy atom. The van der Waals surface area contributed by atoms with E-state index in [1.165, 1.54) is 11.0 Å². The van der Waals surface area contributed by atoms with Gasteiger partial charge in [-0.3, -0.25) is 14.4 Å². The molecule has 1 aromatic rings. The molecule has 0 aliphatic carbocycles. The maximum Gasteiger partial charge on any atom is 0.313 e. The Morgan fingerprint density at radius 3 is 2.51 bits per heavy atom. The molecule has 6 atom stereocenters. The van der Waals surface area contributed by atoms with Gasteiger partial charge >= 0.3 is 5.97 Å². The average Bonchev–Trinajstić information content (AvgIpc) is 3.49. The molecule has 0 aromatic heterocycles. The molecular formula is C29H38N2O6. The van der Waals surface area contributed by atoms with Crippen LogP contribution in [0, 0.1) is 25.7 Å². The Bertz CT molecular complexity index is 1100. The number of aryl methyl sites for hydroxylation is 2. The van der Waals surface area contributed by atoms with E-state index in [-0.39, 0.29) is 31.6 Å². The van der Waals surface area contributed by atoms with Crippen molar-refractivity contribution in [2.24, 2.45) is 11.8 Å². The molecule has 200 valence electrons. The average molecular weight is 511 g/mol. The predicted molar refractivity (Wildman–Crippen MR) is 140 cm³/mol. The number of aliphatic hydroxyl groups excluding tert-OH is 1. The number of hydrogen-bond donors (Lipinski definition) is 1. The van der Waals surface area contributed by atoms with E-state index in [2.05, 4.69) is 13.2 Å². The standard InChI is InChI=1S/C29H38N2O6/c1-7-15-30(23-18(4)11-10-12-19(23)5)26(34)24-29-14-13-28(9-3,37-29)22(27(35)36-16-8-2)21(29)25(33)31(24)20(6)17-32/h7-8,10-12,20-22,24,32H,1-2,9,13-17H2,3-6H3/t20-,21+,22+,24?,28-,29?/m1/s1. The Balaban J connectivity index is 1.86. The Labute approximate surface area is 218 Å². The number of rotatable bonds is 10. The third-order valence-electron chi connectivity index (χ3n) is 8.48. The van der Waals surface area contributed by atoms with Crippen molar-refractivity contribution in [3.63, 3.8) is 0 Å². The van der Waals surface area contributed by atoms with Gasteiger partial charge in [-0.15, -0.1) is 6.58 Å². The minimum Gasteiger partial charge on any atom is -0.461 e. The van der Waals surface area contributed by atoms with Crippen LogP contribution < -0.4 is 4.90 Å². The van der Waals surface area contributed by atoms with Gasteiger partial charge in [0.05, 0.1) is 24.2 Å². The predicted octanol–water partition coefficient (Wildman–Crippen LogP) is 3.09. The maximum atomic E-state index is 14.6. The van der Waals surface area contributed by atoms with Crippen LogP contribution in [0.25, 0.3) is 0 Å². The third-order valence-corrected chi connectivity index (χ3v) is 8.48. The molecule has 3 aliphatic rings. The van der Waals surface area contributed by atoms with Crippen LogP contribution in [-0.2, 0) is 23.9 Å². The summed E-state index contributed by atoms with van der Waals surface area (Å²) in [6.45, 7) is 14.9. The molecule has 1 N–H and O–H groups in total. The van der Waals surface area contributed by atoms with Crippen LogP contribution in [0.5, 0.6) is 0 Å². The van der Waals surface area contributed by atoms with Gasteiger partial charge in [-0.2, -0.15) is 0 Å². The number of benzene rings is 1. The second kappa shape index (κ2) is 10.1. The van der Waals surface area contributed by atoms with E-state index < -0.39 is 41.1 Å². The van der Waals surface area contributed by atoms with Crippen LogP contribution in [0.15, 0.2) is 43.5 Å². The number of amides is 2. The van der Waals surface area contributed by atoms with Gasteiger partial charge < -0.3 is 24.4 Å². The number of esters is 1. The molecule has 8 nitrogen and oxygen atoms in total. The second-order valence-corrected chi connectivity index (χ2v) is 10.5. The van der Waals surface area contributed by atoms with E-state index in [9.17, 15) is 19.5 Å². The van der Waals surface area contributed by atoms with Gasteiger partial charge in [0.25, 0.3) is 5.91 Å². The molecule has 3 fully saturated rings. The normalized spacial score (nSPS) is 30.7. The maximum absolute atomic E-state index is 14.6. The van der Waals surface area contributed by atoms with E-state index in [0.29, 0.717) is 19.3 Å². The highest BCUT2D eigenvalue weighted by Gasteiger charge is 2.79. The summed E-state index contributed by atoms with van der Waals surface area (Å²) in [5.41, 5.74) is 0.524. The quantitative estimate of drug-likeness (QED) is 0.384. The summed E-state index contributed by atoms with van der Waals surface area (Å²) in [6.07, 6.45) is 4.65. The first-order chi connectivity index (χ1) is 17.6. The van der Waals surface area contributed by atoms with E-state index in [0.717, 1.165) is 16.8 Å². The van der Waals surface area contributed by atoms with Crippen molar-refractivity contribution in [1.29, 1.82) is 0 Å². The Morgan fingerprint density at radius 1 is 1.27 bits per heavy atom. The van der Waals surface area contributed by atoms with Crippen molar-refractivity contribution < 1.29 is 29.0 Å². The largest absolute Gasteiger partial charge is 0.461 e. The van der Waals surface area contributed by atoms with Gasteiger partial charge in [0.15, 0.2) is 0 Å². The molecule has 2 bridgehead atoms. The van der Waals surface area contributed by atoms with Crippen LogP contribution in [0.4, 0.5) is 5.69 Å². The number of aliphatic hydroxyl groups is 1. The number of anilines is 1. The Kier molecular flexibility index (Phi) is 7.36. The number of para-hydroxylation sites is 1. The zero-order chi connectivity index (χ0) is 27.1. The van der Waals surface area contributed by atoms with Gasteiger partial charge in [-0.1, -0.05) is 43.9 Å². The molecule has 3 saturated heterocycles. The number of likely N-dealkylation sites (tertiary alicyclic amines) is 1. The van der Waals surface area contributed by atoms with Crippen LogP contribution >= 0.6 is 0 Å². The van der Waals surface area contributed by atoms with Crippen molar-refractivity contribution in [1.82, 2.24) is 4.90 Å². The summed E-state index contributed by atoms with van der Waals surface area (Å²) in [6, 6.07) is 4.17. The lowest BCUT2D eigenvalue weighted by molar-refractivity contribution is -0.161. The smallest absolute Gasteiger partial charge is 0.313 e. The zero-order valence-corrected chi connectivity index (χ0v) is 22.2. The second-order valence-electron chi connectivity index (χ2n) is 10.5. The number of carbonyl (C=O) groups excluding carboxylic acids is 3. The minimum absolute atomic E-state index is 0.0296. The number of hydrogen-bond acceptors (Lipinski definition) is 6. The van der Waals surface area contributed by atoms with Crippen molar-refractivity contribution in [3.05, 3.63) is 54.6 Å². The monoisotopic (exact) mass is 510 g/mol. The molecule has 0 radical (unpaired) electrons. The summed E-state index contributed by atoms with van der Waals surface area (Å²) >= 11 is 0. The summed E-state index contributed by atoms with van der Waals surface area (Å²) in [5.74, 6) is -2.87. The highest BCUT2D eigenvalue weighted by Crippen LogP contribution is 2.65. The number of fused-ring (bicyclic) bond motifs is 1. The summed E-state index contributed by atoms with van der Waals surface area (Å²) in [4.78, 5) is 45.1. The van der Waals surface area contributed by atoms with Crippen LogP contribution in [0.2, 0.25) is 0 Å². The van der Waals surface area contributed by atoms with E-state index >= 15 is 0 Å².